The minimum absolute atomic E-state index is 0.269. The molecular formula is C31H23N5O3S. The zero-order valence-corrected chi connectivity index (χ0v) is 22.0. The molecule has 40 heavy (non-hydrogen) atoms. The number of fused-ring (bicyclic) bond motifs is 1. The molecule has 6 aromatic rings. The lowest BCUT2D eigenvalue weighted by Gasteiger charge is -2.14. The summed E-state index contributed by atoms with van der Waals surface area (Å²) in [6.45, 7) is 0.903. The highest BCUT2D eigenvalue weighted by atomic mass is 32.1. The Morgan fingerprint density at radius 3 is 2.62 bits per heavy atom. The highest BCUT2D eigenvalue weighted by Crippen LogP contribution is 2.29. The minimum Gasteiger partial charge on any atom is -0.380 e. The molecule has 0 radical (unpaired) electrons. The van der Waals surface area contributed by atoms with Crippen molar-refractivity contribution in [1.29, 1.82) is 0 Å². The van der Waals surface area contributed by atoms with Crippen LogP contribution in [0.25, 0.3) is 22.0 Å². The molecule has 196 valence electrons. The Hall–Kier alpha value is -5.15. The van der Waals surface area contributed by atoms with Gasteiger partial charge in [0.25, 0.3) is 5.91 Å². The van der Waals surface area contributed by atoms with Gasteiger partial charge in [0, 0.05) is 42.8 Å². The van der Waals surface area contributed by atoms with Crippen molar-refractivity contribution in [2.45, 2.75) is 13.1 Å². The van der Waals surface area contributed by atoms with E-state index in [2.05, 4.69) is 25.9 Å². The zero-order valence-electron chi connectivity index (χ0n) is 21.2. The number of carbonyl (C=O) groups is 1. The number of pyridine rings is 2. The van der Waals surface area contributed by atoms with Gasteiger partial charge in [-0.25, -0.2) is 0 Å². The number of amides is 1. The number of rotatable bonds is 9. The Morgan fingerprint density at radius 2 is 1.75 bits per heavy atom. The van der Waals surface area contributed by atoms with Crippen LogP contribution in [0.5, 0.6) is 0 Å². The van der Waals surface area contributed by atoms with Crippen LogP contribution in [0.1, 0.15) is 20.8 Å². The molecule has 0 spiro atoms. The first-order valence-corrected chi connectivity index (χ1v) is 13.5. The van der Waals surface area contributed by atoms with E-state index in [1.165, 1.54) is 11.3 Å². The van der Waals surface area contributed by atoms with Gasteiger partial charge in [0.2, 0.25) is 10.9 Å². The van der Waals surface area contributed by atoms with Crippen molar-refractivity contribution in [3.05, 3.63) is 133 Å². The number of benzene rings is 2. The molecule has 0 saturated heterocycles. The molecule has 0 saturated carbocycles. The average Bonchev–Trinajstić information content (AvgIpc) is 3.47. The van der Waals surface area contributed by atoms with Gasteiger partial charge in [-0.1, -0.05) is 36.4 Å². The standard InChI is InChI=1S/C31H23N5O3S/c37-28-26(27(29(28)38)35-17-19-5-4-12-32-16-19)20-6-3-7-22(15-20)36-31(39)30-25(11-14-40-30)34-18-21-10-13-33-24-9-2-1-8-23(21)24/h1-16,34-35H,17-18H2,(H,36,39). The first kappa shape index (κ1) is 25.1. The summed E-state index contributed by atoms with van der Waals surface area (Å²) in [4.78, 5) is 47.0. The molecule has 0 aliphatic carbocycles. The third-order valence-electron chi connectivity index (χ3n) is 6.59. The van der Waals surface area contributed by atoms with E-state index in [4.69, 9.17) is 0 Å². The molecule has 9 heteroatoms. The van der Waals surface area contributed by atoms with Gasteiger partial charge in [-0.15, -0.1) is 11.3 Å². The van der Waals surface area contributed by atoms with Crippen LogP contribution >= 0.6 is 11.3 Å². The number of nitrogens with zero attached hydrogens (tertiary/aromatic N) is 2. The van der Waals surface area contributed by atoms with E-state index in [1.807, 2.05) is 53.9 Å². The second kappa shape index (κ2) is 10.9. The SMILES string of the molecule is O=C(Nc1cccc(-c2c(NCc3cccnc3)c(=O)c2=O)c1)c1sccc1NCc1ccnc2ccccc12. The van der Waals surface area contributed by atoms with E-state index in [1.54, 1.807) is 42.9 Å². The van der Waals surface area contributed by atoms with Crippen molar-refractivity contribution >= 4 is 45.2 Å². The van der Waals surface area contributed by atoms with Crippen LogP contribution in [-0.4, -0.2) is 15.9 Å². The van der Waals surface area contributed by atoms with Crippen molar-refractivity contribution in [1.82, 2.24) is 9.97 Å². The molecule has 6 rings (SSSR count). The number of nitrogens with one attached hydrogen (secondary N) is 3. The normalized spacial score (nSPS) is 11.0. The van der Waals surface area contributed by atoms with Crippen LogP contribution in [0.3, 0.4) is 0 Å². The molecule has 0 aliphatic heterocycles. The Labute approximate surface area is 233 Å². The zero-order chi connectivity index (χ0) is 27.5. The predicted octanol–water partition coefficient (Wildman–Crippen LogP) is 5.43. The number of anilines is 3. The van der Waals surface area contributed by atoms with Crippen LogP contribution in [0, 0.1) is 0 Å². The lowest BCUT2D eigenvalue weighted by molar-refractivity contribution is 0.103. The Balaban J connectivity index is 1.17. The molecule has 3 heterocycles. The van der Waals surface area contributed by atoms with Crippen molar-refractivity contribution in [3.8, 4) is 11.1 Å². The second-order valence-corrected chi connectivity index (χ2v) is 10.1. The molecule has 1 amide bonds. The van der Waals surface area contributed by atoms with E-state index in [0.29, 0.717) is 34.8 Å². The highest BCUT2D eigenvalue weighted by molar-refractivity contribution is 7.12. The largest absolute Gasteiger partial charge is 0.380 e. The number of thiophene rings is 1. The minimum atomic E-state index is -0.551. The molecule has 0 aliphatic rings. The number of hydrogen-bond donors (Lipinski definition) is 3. The summed E-state index contributed by atoms with van der Waals surface area (Å²) in [7, 11) is 0. The lowest BCUT2D eigenvalue weighted by Crippen LogP contribution is -2.36. The first-order chi connectivity index (χ1) is 19.6. The van der Waals surface area contributed by atoms with Crippen LogP contribution in [-0.2, 0) is 13.1 Å². The smallest absolute Gasteiger partial charge is 0.267 e. The van der Waals surface area contributed by atoms with Gasteiger partial charge in [-0.2, -0.15) is 0 Å². The van der Waals surface area contributed by atoms with Crippen LogP contribution in [0.4, 0.5) is 17.1 Å². The Morgan fingerprint density at radius 1 is 0.850 bits per heavy atom. The Kier molecular flexibility index (Phi) is 6.86. The summed E-state index contributed by atoms with van der Waals surface area (Å²) in [5, 5.41) is 12.3. The molecule has 3 N–H and O–H groups in total. The van der Waals surface area contributed by atoms with Gasteiger partial charge in [0.15, 0.2) is 0 Å². The quantitative estimate of drug-likeness (QED) is 0.208. The number of hydrogen-bond acceptors (Lipinski definition) is 8. The first-order valence-electron chi connectivity index (χ1n) is 12.6. The highest BCUT2D eigenvalue weighted by Gasteiger charge is 2.23. The fraction of sp³-hybridized carbons (Fsp3) is 0.0645. The van der Waals surface area contributed by atoms with E-state index >= 15 is 0 Å². The molecule has 3 aromatic carbocycles. The summed E-state index contributed by atoms with van der Waals surface area (Å²) in [5.41, 5.74) is 4.18. The third-order valence-corrected chi connectivity index (χ3v) is 7.50. The van der Waals surface area contributed by atoms with Gasteiger partial charge in [0.1, 0.15) is 4.88 Å². The molecule has 8 nitrogen and oxygen atoms in total. The van der Waals surface area contributed by atoms with Crippen LogP contribution < -0.4 is 26.8 Å². The van der Waals surface area contributed by atoms with Crippen molar-refractivity contribution in [2.24, 2.45) is 0 Å². The van der Waals surface area contributed by atoms with Crippen LogP contribution in [0.15, 0.2) is 106 Å². The maximum atomic E-state index is 13.2. The van der Waals surface area contributed by atoms with Crippen molar-refractivity contribution < 1.29 is 4.79 Å². The second-order valence-electron chi connectivity index (χ2n) is 9.16. The molecule has 0 fully saturated rings. The van der Waals surface area contributed by atoms with Crippen molar-refractivity contribution in [3.63, 3.8) is 0 Å². The van der Waals surface area contributed by atoms with E-state index < -0.39 is 10.9 Å². The summed E-state index contributed by atoms with van der Waals surface area (Å²) < 4.78 is 0. The maximum Gasteiger partial charge on any atom is 0.267 e. The van der Waals surface area contributed by atoms with Gasteiger partial charge in [0.05, 0.1) is 22.5 Å². The fourth-order valence-corrected chi connectivity index (χ4v) is 5.36. The van der Waals surface area contributed by atoms with E-state index in [9.17, 15) is 14.4 Å². The van der Waals surface area contributed by atoms with Gasteiger partial charge in [-0.3, -0.25) is 24.4 Å². The molecule has 0 bridgehead atoms. The summed E-state index contributed by atoms with van der Waals surface area (Å²) >= 11 is 1.34. The van der Waals surface area contributed by atoms with E-state index in [-0.39, 0.29) is 11.6 Å². The maximum absolute atomic E-state index is 13.2. The van der Waals surface area contributed by atoms with E-state index in [0.717, 1.165) is 27.7 Å². The number of aromatic nitrogens is 2. The molecule has 3 aromatic heterocycles. The summed E-state index contributed by atoms with van der Waals surface area (Å²) in [6.07, 6.45) is 5.15. The predicted molar refractivity (Wildman–Crippen MR) is 160 cm³/mol. The lowest BCUT2D eigenvalue weighted by atomic mass is 9.98. The van der Waals surface area contributed by atoms with Gasteiger partial charge >= 0.3 is 0 Å². The van der Waals surface area contributed by atoms with Gasteiger partial charge in [-0.05, 0) is 58.5 Å². The monoisotopic (exact) mass is 545 g/mol. The fourth-order valence-electron chi connectivity index (χ4n) is 4.59. The Bertz CT molecular complexity index is 1900. The van der Waals surface area contributed by atoms with Gasteiger partial charge < -0.3 is 16.0 Å². The average molecular weight is 546 g/mol. The molecule has 0 atom stereocenters. The van der Waals surface area contributed by atoms with Crippen molar-refractivity contribution in [2.75, 3.05) is 16.0 Å². The number of carbonyl (C=O) groups excluding carboxylic acids is 1. The molecule has 0 unspecified atom stereocenters. The summed E-state index contributed by atoms with van der Waals surface area (Å²) in [5.74, 6) is -0.269. The van der Waals surface area contributed by atoms with Crippen LogP contribution in [0.2, 0.25) is 0 Å². The molecular weight excluding hydrogens is 522 g/mol. The third kappa shape index (κ3) is 4.97. The number of para-hydroxylation sites is 1. The topological polar surface area (TPSA) is 113 Å². The summed E-state index contributed by atoms with van der Waals surface area (Å²) in [6, 6.07) is 22.4.